The summed E-state index contributed by atoms with van der Waals surface area (Å²) in [5.41, 5.74) is 1.07. The molecule has 5 nitrogen and oxygen atoms in total. The maximum atomic E-state index is 11.2. The molecule has 6 heteroatoms. The number of benzene rings is 1. The standard InChI is InChI=1S/C15H25N3O2S/c1-11-10-18(3)12(2)8-15(11)17-9-13-4-6-14(7-5-13)21(16,19)20/h4-7,11-12,15,17H,8-10H2,1-3H3,(H2,16,19,20). The number of primary sulfonamides is 1. The van der Waals surface area contributed by atoms with Crippen LogP contribution in [0, 0.1) is 5.92 Å². The Morgan fingerprint density at radius 2 is 1.90 bits per heavy atom. The molecule has 1 aliphatic heterocycles. The van der Waals surface area contributed by atoms with Crippen molar-refractivity contribution in [1.82, 2.24) is 10.2 Å². The second kappa shape index (κ2) is 6.44. The summed E-state index contributed by atoms with van der Waals surface area (Å²) in [6.07, 6.45) is 1.13. The summed E-state index contributed by atoms with van der Waals surface area (Å²) in [6.45, 7) is 6.37. The highest BCUT2D eigenvalue weighted by molar-refractivity contribution is 7.89. The third-order valence-corrected chi connectivity index (χ3v) is 5.36. The Labute approximate surface area is 127 Å². The molecule has 0 aliphatic carbocycles. The highest BCUT2D eigenvalue weighted by Crippen LogP contribution is 2.21. The fourth-order valence-corrected chi connectivity index (χ4v) is 3.39. The lowest BCUT2D eigenvalue weighted by atomic mass is 9.90. The third kappa shape index (κ3) is 4.26. The van der Waals surface area contributed by atoms with Gasteiger partial charge in [-0.3, -0.25) is 0 Å². The second-order valence-electron chi connectivity index (χ2n) is 6.18. The molecular weight excluding hydrogens is 286 g/mol. The monoisotopic (exact) mass is 311 g/mol. The van der Waals surface area contributed by atoms with Gasteiger partial charge in [0.15, 0.2) is 0 Å². The van der Waals surface area contributed by atoms with E-state index in [9.17, 15) is 8.42 Å². The Morgan fingerprint density at radius 3 is 2.48 bits per heavy atom. The van der Waals surface area contributed by atoms with Crippen molar-refractivity contribution >= 4 is 10.0 Å². The van der Waals surface area contributed by atoms with Crippen LogP contribution in [0.5, 0.6) is 0 Å². The van der Waals surface area contributed by atoms with Gasteiger partial charge in [0, 0.05) is 25.2 Å². The zero-order valence-electron chi connectivity index (χ0n) is 12.9. The van der Waals surface area contributed by atoms with Crippen molar-refractivity contribution in [3.05, 3.63) is 29.8 Å². The number of sulfonamides is 1. The van der Waals surface area contributed by atoms with Crippen LogP contribution in [-0.2, 0) is 16.6 Å². The number of hydrogen-bond acceptors (Lipinski definition) is 4. The molecule has 0 saturated carbocycles. The maximum absolute atomic E-state index is 11.2. The van der Waals surface area contributed by atoms with Crippen LogP contribution in [0.3, 0.4) is 0 Å². The predicted molar refractivity (Wildman–Crippen MR) is 84.3 cm³/mol. The van der Waals surface area contributed by atoms with Crippen LogP contribution in [0.25, 0.3) is 0 Å². The molecule has 0 aromatic heterocycles. The van der Waals surface area contributed by atoms with E-state index in [1.54, 1.807) is 12.1 Å². The minimum atomic E-state index is -3.60. The Morgan fingerprint density at radius 1 is 1.29 bits per heavy atom. The third-order valence-electron chi connectivity index (χ3n) is 4.43. The van der Waals surface area contributed by atoms with Crippen LogP contribution in [0.15, 0.2) is 29.2 Å². The van der Waals surface area contributed by atoms with Gasteiger partial charge in [0.2, 0.25) is 10.0 Å². The first-order valence-electron chi connectivity index (χ1n) is 7.32. The van der Waals surface area contributed by atoms with Gasteiger partial charge in [-0.2, -0.15) is 0 Å². The molecule has 1 aromatic carbocycles. The minimum Gasteiger partial charge on any atom is -0.310 e. The molecule has 1 saturated heterocycles. The van der Waals surface area contributed by atoms with E-state index in [1.807, 2.05) is 12.1 Å². The highest BCUT2D eigenvalue weighted by Gasteiger charge is 2.28. The van der Waals surface area contributed by atoms with Crippen LogP contribution in [0.4, 0.5) is 0 Å². The number of rotatable bonds is 4. The largest absolute Gasteiger partial charge is 0.310 e. The Balaban J connectivity index is 1.94. The zero-order valence-corrected chi connectivity index (χ0v) is 13.7. The lowest BCUT2D eigenvalue weighted by molar-refractivity contribution is 0.121. The molecule has 0 amide bonds. The molecule has 3 unspecified atom stereocenters. The molecular formula is C15H25N3O2S. The van der Waals surface area contributed by atoms with Gasteiger partial charge >= 0.3 is 0 Å². The molecule has 21 heavy (non-hydrogen) atoms. The second-order valence-corrected chi connectivity index (χ2v) is 7.74. The lowest BCUT2D eigenvalue weighted by Crippen LogP contribution is -2.50. The molecule has 1 aromatic rings. The topological polar surface area (TPSA) is 75.4 Å². The van der Waals surface area contributed by atoms with Crippen LogP contribution >= 0.6 is 0 Å². The molecule has 3 atom stereocenters. The fraction of sp³-hybridized carbons (Fsp3) is 0.600. The number of hydrogen-bond donors (Lipinski definition) is 2. The van der Waals surface area contributed by atoms with E-state index in [-0.39, 0.29) is 4.90 Å². The Bertz CT molecular complexity index is 571. The molecule has 3 N–H and O–H groups in total. The first-order valence-corrected chi connectivity index (χ1v) is 8.87. The van der Waals surface area contributed by atoms with Gasteiger partial charge < -0.3 is 10.2 Å². The first-order chi connectivity index (χ1) is 9.77. The summed E-state index contributed by atoms with van der Waals surface area (Å²) >= 11 is 0. The van der Waals surface area contributed by atoms with Crippen molar-refractivity contribution in [1.29, 1.82) is 0 Å². The van der Waals surface area contributed by atoms with Gasteiger partial charge in [0.1, 0.15) is 0 Å². The smallest absolute Gasteiger partial charge is 0.238 e. The van der Waals surface area contributed by atoms with Crippen molar-refractivity contribution in [2.75, 3.05) is 13.6 Å². The molecule has 0 bridgehead atoms. The van der Waals surface area contributed by atoms with Gasteiger partial charge in [-0.1, -0.05) is 19.1 Å². The van der Waals surface area contributed by atoms with Crippen LogP contribution in [-0.4, -0.2) is 39.0 Å². The number of nitrogens with two attached hydrogens (primary N) is 1. The summed E-state index contributed by atoms with van der Waals surface area (Å²) in [6, 6.07) is 7.84. The summed E-state index contributed by atoms with van der Waals surface area (Å²) in [4.78, 5) is 2.55. The summed E-state index contributed by atoms with van der Waals surface area (Å²) in [5.74, 6) is 0.606. The van der Waals surface area contributed by atoms with Crippen molar-refractivity contribution in [2.45, 2.75) is 43.8 Å². The van der Waals surface area contributed by atoms with Crippen LogP contribution in [0.2, 0.25) is 0 Å². The highest BCUT2D eigenvalue weighted by atomic mass is 32.2. The fourth-order valence-electron chi connectivity index (χ4n) is 2.87. The van der Waals surface area contributed by atoms with Crippen molar-refractivity contribution in [3.63, 3.8) is 0 Å². The van der Waals surface area contributed by atoms with Crippen molar-refractivity contribution in [3.8, 4) is 0 Å². The zero-order chi connectivity index (χ0) is 15.6. The SMILES string of the molecule is CC1CN(C)C(C)CC1NCc1ccc(S(N)(=O)=O)cc1. The maximum Gasteiger partial charge on any atom is 0.238 e. The average Bonchev–Trinajstić information content (AvgIpc) is 2.41. The quantitative estimate of drug-likeness (QED) is 0.875. The Kier molecular flexibility index (Phi) is 5.03. The molecule has 1 aliphatic rings. The molecule has 1 fully saturated rings. The summed E-state index contributed by atoms with van der Waals surface area (Å²) < 4.78 is 22.4. The predicted octanol–water partition coefficient (Wildman–Crippen LogP) is 1.15. The van der Waals surface area contributed by atoms with Gasteiger partial charge in [-0.25, -0.2) is 13.6 Å². The number of piperidine rings is 1. The molecule has 1 heterocycles. The van der Waals surface area contributed by atoms with Gasteiger partial charge in [0.05, 0.1) is 4.90 Å². The number of nitrogens with one attached hydrogen (secondary N) is 1. The number of nitrogens with zero attached hydrogens (tertiary/aromatic N) is 1. The van der Waals surface area contributed by atoms with Gasteiger partial charge in [0.25, 0.3) is 0 Å². The lowest BCUT2D eigenvalue weighted by Gasteiger charge is -2.40. The van der Waals surface area contributed by atoms with E-state index in [2.05, 4.69) is 31.1 Å². The van der Waals surface area contributed by atoms with E-state index in [1.165, 1.54) is 0 Å². The van der Waals surface area contributed by atoms with Crippen LogP contribution in [0.1, 0.15) is 25.8 Å². The molecule has 0 spiro atoms. The van der Waals surface area contributed by atoms with E-state index >= 15 is 0 Å². The van der Waals surface area contributed by atoms with Crippen molar-refractivity contribution < 1.29 is 8.42 Å². The normalized spacial score (nSPS) is 27.7. The molecule has 0 radical (unpaired) electrons. The summed E-state index contributed by atoms with van der Waals surface area (Å²) in [7, 11) is -1.43. The number of likely N-dealkylation sites (tertiary alicyclic amines) is 1. The van der Waals surface area contributed by atoms with E-state index in [0.717, 1.165) is 25.1 Å². The van der Waals surface area contributed by atoms with E-state index in [4.69, 9.17) is 5.14 Å². The van der Waals surface area contributed by atoms with E-state index in [0.29, 0.717) is 18.0 Å². The summed E-state index contributed by atoms with van der Waals surface area (Å²) in [5, 5.41) is 8.69. The van der Waals surface area contributed by atoms with Crippen LogP contribution < -0.4 is 10.5 Å². The molecule has 118 valence electrons. The first kappa shape index (κ1) is 16.4. The average molecular weight is 311 g/mol. The van der Waals surface area contributed by atoms with Gasteiger partial charge in [-0.05, 0) is 44.0 Å². The molecule has 2 rings (SSSR count). The van der Waals surface area contributed by atoms with Gasteiger partial charge in [-0.15, -0.1) is 0 Å². The minimum absolute atomic E-state index is 0.160. The van der Waals surface area contributed by atoms with Crippen molar-refractivity contribution in [2.24, 2.45) is 11.1 Å². The van der Waals surface area contributed by atoms with E-state index < -0.39 is 10.0 Å². The Hall–Kier alpha value is -0.950.